The monoisotopic (exact) mass is 405 g/mol. The Morgan fingerprint density at radius 2 is 1.93 bits per heavy atom. The second-order valence-electron chi connectivity index (χ2n) is 5.66. The van der Waals surface area contributed by atoms with Crippen LogP contribution in [0.2, 0.25) is 0 Å². The number of thiophene rings is 1. The molecule has 148 valence electrons. The molecule has 3 amide bonds. The molecule has 3 heterocycles. The summed E-state index contributed by atoms with van der Waals surface area (Å²) in [5.41, 5.74) is 0.416. The fourth-order valence-electron chi connectivity index (χ4n) is 2.45. The molecule has 0 radical (unpaired) electrons. The van der Waals surface area contributed by atoms with Crippen molar-refractivity contribution in [2.45, 2.75) is 6.92 Å². The second kappa shape index (κ2) is 9.24. The number of rotatable bonds is 5. The van der Waals surface area contributed by atoms with Gasteiger partial charge in [0.2, 0.25) is 5.95 Å². The number of hydrogen-bond acceptors (Lipinski definition) is 9. The van der Waals surface area contributed by atoms with Crippen LogP contribution < -0.4 is 15.5 Å². The molecule has 0 atom stereocenters. The Morgan fingerprint density at radius 3 is 2.61 bits per heavy atom. The highest BCUT2D eigenvalue weighted by molar-refractivity contribution is 7.14. The Kier molecular flexibility index (Phi) is 6.50. The van der Waals surface area contributed by atoms with Crippen molar-refractivity contribution in [3.05, 3.63) is 35.0 Å². The van der Waals surface area contributed by atoms with Crippen LogP contribution in [-0.2, 0) is 9.47 Å². The molecule has 2 aromatic heterocycles. The Morgan fingerprint density at radius 1 is 1.21 bits per heavy atom. The Labute approximate surface area is 164 Å². The van der Waals surface area contributed by atoms with E-state index in [-0.39, 0.29) is 17.7 Å². The summed E-state index contributed by atoms with van der Waals surface area (Å²) in [6, 6.07) is 1.51. The molecule has 1 fully saturated rings. The van der Waals surface area contributed by atoms with Gasteiger partial charge in [0.25, 0.3) is 11.8 Å². The summed E-state index contributed by atoms with van der Waals surface area (Å²) < 4.78 is 9.97. The standard InChI is InChI=1S/C17H19N5O5S/c1-2-27-17(25)21-14(24)12-3-8-28-15(12)20-13(23)11-9-18-16(19-10-11)22-4-6-26-7-5-22/h3,8-10H,2,4-7H2,1H3,(H,20,23)(H,21,24,25). The van der Waals surface area contributed by atoms with Crippen LogP contribution in [0.4, 0.5) is 15.7 Å². The van der Waals surface area contributed by atoms with Crippen LogP contribution in [0.25, 0.3) is 0 Å². The van der Waals surface area contributed by atoms with E-state index in [1.807, 2.05) is 4.90 Å². The quantitative estimate of drug-likeness (QED) is 0.767. The van der Waals surface area contributed by atoms with Gasteiger partial charge < -0.3 is 19.7 Å². The Balaban J connectivity index is 1.64. The molecule has 0 aliphatic carbocycles. The summed E-state index contributed by atoms with van der Waals surface area (Å²) in [6.45, 7) is 4.39. The predicted octanol–water partition coefficient (Wildman–Crippen LogP) is 1.51. The van der Waals surface area contributed by atoms with Crippen LogP contribution in [0.3, 0.4) is 0 Å². The van der Waals surface area contributed by atoms with Crippen molar-refractivity contribution in [3.63, 3.8) is 0 Å². The number of nitrogens with zero attached hydrogens (tertiary/aromatic N) is 3. The normalized spacial score (nSPS) is 13.7. The van der Waals surface area contributed by atoms with Gasteiger partial charge in [-0.05, 0) is 18.4 Å². The van der Waals surface area contributed by atoms with E-state index in [0.29, 0.717) is 37.3 Å². The average molecular weight is 405 g/mol. The molecule has 11 heteroatoms. The molecular weight excluding hydrogens is 386 g/mol. The van der Waals surface area contributed by atoms with Crippen molar-refractivity contribution >= 4 is 40.2 Å². The Bertz CT molecular complexity index is 848. The van der Waals surface area contributed by atoms with E-state index in [9.17, 15) is 14.4 Å². The zero-order valence-electron chi connectivity index (χ0n) is 15.1. The van der Waals surface area contributed by atoms with Crippen LogP contribution in [0.15, 0.2) is 23.8 Å². The number of anilines is 2. The molecule has 3 rings (SSSR count). The highest BCUT2D eigenvalue weighted by Gasteiger charge is 2.19. The largest absolute Gasteiger partial charge is 0.450 e. The van der Waals surface area contributed by atoms with E-state index in [1.165, 1.54) is 18.5 Å². The number of hydrogen-bond donors (Lipinski definition) is 2. The molecule has 0 aromatic carbocycles. The molecule has 0 saturated carbocycles. The van der Waals surface area contributed by atoms with Gasteiger partial charge in [0.05, 0.1) is 30.9 Å². The zero-order valence-corrected chi connectivity index (χ0v) is 16.0. The lowest BCUT2D eigenvalue weighted by atomic mass is 10.2. The van der Waals surface area contributed by atoms with E-state index in [0.717, 1.165) is 11.3 Å². The van der Waals surface area contributed by atoms with Gasteiger partial charge in [-0.25, -0.2) is 14.8 Å². The number of carbonyl (C=O) groups is 3. The number of ether oxygens (including phenoxy) is 2. The first-order valence-electron chi connectivity index (χ1n) is 8.60. The smallest absolute Gasteiger partial charge is 0.414 e. The third kappa shape index (κ3) is 4.81. The van der Waals surface area contributed by atoms with Gasteiger partial charge in [-0.3, -0.25) is 14.9 Å². The molecule has 2 aromatic rings. The molecule has 10 nitrogen and oxygen atoms in total. The maximum Gasteiger partial charge on any atom is 0.414 e. The van der Waals surface area contributed by atoms with Crippen LogP contribution in [-0.4, -0.2) is 60.8 Å². The highest BCUT2D eigenvalue weighted by atomic mass is 32.1. The summed E-state index contributed by atoms with van der Waals surface area (Å²) >= 11 is 1.16. The number of aromatic nitrogens is 2. The molecule has 1 aliphatic rings. The molecule has 2 N–H and O–H groups in total. The maximum atomic E-state index is 12.5. The fraction of sp³-hybridized carbons (Fsp3) is 0.353. The zero-order chi connectivity index (χ0) is 19.9. The number of nitrogens with one attached hydrogen (secondary N) is 2. The third-order valence-electron chi connectivity index (χ3n) is 3.82. The number of amides is 3. The van der Waals surface area contributed by atoms with Gasteiger partial charge in [-0.2, -0.15) is 0 Å². The van der Waals surface area contributed by atoms with Gasteiger partial charge in [0.15, 0.2) is 0 Å². The lowest BCUT2D eigenvalue weighted by Crippen LogP contribution is -2.37. The minimum absolute atomic E-state index is 0.146. The molecule has 28 heavy (non-hydrogen) atoms. The van der Waals surface area contributed by atoms with E-state index in [1.54, 1.807) is 12.3 Å². The lowest BCUT2D eigenvalue weighted by Gasteiger charge is -2.26. The van der Waals surface area contributed by atoms with Gasteiger partial charge in [-0.1, -0.05) is 0 Å². The van der Waals surface area contributed by atoms with Gasteiger partial charge in [0, 0.05) is 25.5 Å². The highest BCUT2D eigenvalue weighted by Crippen LogP contribution is 2.24. The fourth-order valence-corrected chi connectivity index (χ4v) is 3.23. The minimum Gasteiger partial charge on any atom is -0.450 e. The van der Waals surface area contributed by atoms with E-state index in [2.05, 4.69) is 25.3 Å². The van der Waals surface area contributed by atoms with E-state index in [4.69, 9.17) is 4.74 Å². The van der Waals surface area contributed by atoms with Gasteiger partial charge in [-0.15, -0.1) is 11.3 Å². The minimum atomic E-state index is -0.844. The molecule has 0 unspecified atom stereocenters. The molecule has 0 spiro atoms. The van der Waals surface area contributed by atoms with Crippen molar-refractivity contribution in [2.75, 3.05) is 43.1 Å². The number of carbonyl (C=O) groups excluding carboxylic acids is 3. The molecule has 1 saturated heterocycles. The number of imide groups is 1. The first-order valence-corrected chi connectivity index (χ1v) is 9.48. The lowest BCUT2D eigenvalue weighted by molar-refractivity contribution is 0.0926. The topological polar surface area (TPSA) is 123 Å². The second-order valence-corrected chi connectivity index (χ2v) is 6.58. The van der Waals surface area contributed by atoms with Crippen LogP contribution in [0.1, 0.15) is 27.6 Å². The van der Waals surface area contributed by atoms with Crippen LogP contribution >= 0.6 is 11.3 Å². The third-order valence-corrected chi connectivity index (χ3v) is 4.65. The summed E-state index contributed by atoms with van der Waals surface area (Å²) in [5.74, 6) is -0.583. The van der Waals surface area contributed by atoms with Crippen molar-refractivity contribution in [3.8, 4) is 0 Å². The molecule has 0 bridgehead atoms. The average Bonchev–Trinajstić information content (AvgIpc) is 3.17. The van der Waals surface area contributed by atoms with Crippen LogP contribution in [0, 0.1) is 0 Å². The van der Waals surface area contributed by atoms with Gasteiger partial charge in [0.1, 0.15) is 5.00 Å². The van der Waals surface area contributed by atoms with Crippen molar-refractivity contribution in [1.29, 1.82) is 0 Å². The Hall–Kier alpha value is -3.05. The van der Waals surface area contributed by atoms with Crippen molar-refractivity contribution in [1.82, 2.24) is 15.3 Å². The summed E-state index contributed by atoms with van der Waals surface area (Å²) in [4.78, 5) is 46.4. The van der Waals surface area contributed by atoms with E-state index < -0.39 is 17.9 Å². The summed E-state index contributed by atoms with van der Waals surface area (Å²) in [5, 5.41) is 6.68. The maximum absolute atomic E-state index is 12.5. The number of alkyl carbamates (subject to hydrolysis) is 1. The summed E-state index contributed by atoms with van der Waals surface area (Å²) in [6.07, 6.45) is 2.01. The summed E-state index contributed by atoms with van der Waals surface area (Å²) in [7, 11) is 0. The number of morpholine rings is 1. The predicted molar refractivity (Wildman–Crippen MR) is 102 cm³/mol. The first-order chi connectivity index (χ1) is 13.6. The SMILES string of the molecule is CCOC(=O)NC(=O)c1ccsc1NC(=O)c1cnc(N2CCOCC2)nc1. The molecule has 1 aliphatic heterocycles. The van der Waals surface area contributed by atoms with E-state index >= 15 is 0 Å². The van der Waals surface area contributed by atoms with Crippen LogP contribution in [0.5, 0.6) is 0 Å². The van der Waals surface area contributed by atoms with Gasteiger partial charge >= 0.3 is 6.09 Å². The molecular formula is C17H19N5O5S. The first kappa shape index (κ1) is 19.7. The van der Waals surface area contributed by atoms with Crippen molar-refractivity contribution in [2.24, 2.45) is 0 Å². The van der Waals surface area contributed by atoms with Crippen molar-refractivity contribution < 1.29 is 23.9 Å².